The van der Waals surface area contributed by atoms with Crippen LogP contribution in [0.25, 0.3) is 0 Å². The highest BCUT2D eigenvalue weighted by Gasteiger charge is 2.36. The number of aryl methyl sites for hydroxylation is 1. The van der Waals surface area contributed by atoms with E-state index in [4.69, 9.17) is 4.74 Å². The number of ether oxygens (including phenoxy) is 1. The Bertz CT molecular complexity index is 625. The van der Waals surface area contributed by atoms with Crippen LogP contribution in [0.1, 0.15) is 44.7 Å². The summed E-state index contributed by atoms with van der Waals surface area (Å²) in [6, 6.07) is 4.34. The van der Waals surface area contributed by atoms with Crippen molar-refractivity contribution in [2.75, 3.05) is 6.54 Å². The van der Waals surface area contributed by atoms with E-state index >= 15 is 0 Å². The van der Waals surface area contributed by atoms with Crippen LogP contribution in [-0.2, 0) is 16.1 Å². The third-order valence-corrected chi connectivity index (χ3v) is 3.89. The van der Waals surface area contributed by atoms with Crippen molar-refractivity contribution in [3.8, 4) is 0 Å². The number of hydrogen-bond donors (Lipinski definition) is 1. The fourth-order valence-corrected chi connectivity index (χ4v) is 2.63. The first-order valence-electron chi connectivity index (χ1n) is 8.20. The first kappa shape index (κ1) is 18.2. The van der Waals surface area contributed by atoms with Gasteiger partial charge in [-0.1, -0.05) is 12.1 Å². The van der Waals surface area contributed by atoms with E-state index in [1.54, 1.807) is 39.8 Å². The molecule has 0 spiro atoms. The molecule has 1 saturated heterocycles. The number of benzene rings is 1. The molecule has 0 radical (unpaired) electrons. The second kappa shape index (κ2) is 7.20. The zero-order valence-electron chi connectivity index (χ0n) is 14.7. The standard InChI is InChI=1S/C18H25FN2O3/c1-12-7-8-13(10-14(12)19)11-20-16(22)15-6-5-9-21(15)17(23)24-18(2,3)4/h7-8,10,15H,5-6,9,11H2,1-4H3,(H,20,22)/t15-/m0/s1. The number of carbonyl (C=O) groups is 2. The molecule has 2 amide bonds. The van der Waals surface area contributed by atoms with Gasteiger partial charge in [-0.3, -0.25) is 9.69 Å². The molecule has 0 aromatic heterocycles. The molecule has 1 aromatic rings. The predicted octanol–water partition coefficient (Wildman–Crippen LogP) is 3.15. The Morgan fingerprint density at radius 2 is 2.08 bits per heavy atom. The number of halogens is 1. The summed E-state index contributed by atoms with van der Waals surface area (Å²) in [7, 11) is 0. The Kier molecular flexibility index (Phi) is 5.47. The van der Waals surface area contributed by atoms with Gasteiger partial charge in [-0.25, -0.2) is 9.18 Å². The maximum Gasteiger partial charge on any atom is 0.410 e. The number of rotatable bonds is 3. The molecule has 2 rings (SSSR count). The van der Waals surface area contributed by atoms with Crippen LogP contribution in [0.2, 0.25) is 0 Å². The summed E-state index contributed by atoms with van der Waals surface area (Å²) < 4.78 is 18.9. The van der Waals surface area contributed by atoms with Gasteiger partial charge in [-0.05, 0) is 57.7 Å². The van der Waals surface area contributed by atoms with Gasteiger partial charge in [0.2, 0.25) is 5.91 Å². The van der Waals surface area contributed by atoms with Gasteiger partial charge >= 0.3 is 6.09 Å². The van der Waals surface area contributed by atoms with Crippen LogP contribution >= 0.6 is 0 Å². The van der Waals surface area contributed by atoms with Crippen LogP contribution in [-0.4, -0.2) is 35.1 Å². The van der Waals surface area contributed by atoms with Crippen molar-refractivity contribution in [1.82, 2.24) is 10.2 Å². The molecule has 1 fully saturated rings. The van der Waals surface area contributed by atoms with Crippen LogP contribution in [0.15, 0.2) is 18.2 Å². The van der Waals surface area contributed by atoms with Crippen LogP contribution in [0.4, 0.5) is 9.18 Å². The third kappa shape index (κ3) is 4.69. The SMILES string of the molecule is Cc1ccc(CNC(=O)[C@@H]2CCCN2C(=O)OC(C)(C)C)cc1F. The van der Waals surface area contributed by atoms with Gasteiger partial charge in [0.05, 0.1) is 0 Å². The lowest BCUT2D eigenvalue weighted by Gasteiger charge is -2.28. The van der Waals surface area contributed by atoms with E-state index in [-0.39, 0.29) is 18.3 Å². The summed E-state index contributed by atoms with van der Waals surface area (Å²) in [5.41, 5.74) is 0.658. The van der Waals surface area contributed by atoms with E-state index in [1.165, 1.54) is 11.0 Å². The maximum absolute atomic E-state index is 13.5. The van der Waals surface area contributed by atoms with Crippen molar-refractivity contribution in [3.63, 3.8) is 0 Å². The van der Waals surface area contributed by atoms with Crippen molar-refractivity contribution in [1.29, 1.82) is 0 Å². The summed E-state index contributed by atoms with van der Waals surface area (Å²) in [5, 5.41) is 2.78. The zero-order valence-corrected chi connectivity index (χ0v) is 14.7. The Labute approximate surface area is 142 Å². The lowest BCUT2D eigenvalue weighted by molar-refractivity contribution is -0.125. The van der Waals surface area contributed by atoms with Gasteiger partial charge in [-0.15, -0.1) is 0 Å². The molecule has 24 heavy (non-hydrogen) atoms. The highest BCUT2D eigenvalue weighted by molar-refractivity contribution is 5.86. The average molecular weight is 336 g/mol. The summed E-state index contributed by atoms with van der Waals surface area (Å²) >= 11 is 0. The molecule has 1 aromatic carbocycles. The molecule has 0 saturated carbocycles. The second-order valence-electron chi connectivity index (χ2n) is 7.13. The Hall–Kier alpha value is -2.11. The fraction of sp³-hybridized carbons (Fsp3) is 0.556. The van der Waals surface area contributed by atoms with E-state index < -0.39 is 17.7 Å². The van der Waals surface area contributed by atoms with Crippen molar-refractivity contribution >= 4 is 12.0 Å². The molecule has 0 unspecified atom stereocenters. The Morgan fingerprint density at radius 1 is 1.38 bits per heavy atom. The molecule has 1 heterocycles. The Balaban J connectivity index is 1.95. The molecular formula is C18H25FN2O3. The van der Waals surface area contributed by atoms with Crippen LogP contribution in [0.5, 0.6) is 0 Å². The highest BCUT2D eigenvalue weighted by atomic mass is 19.1. The summed E-state index contributed by atoms with van der Waals surface area (Å²) in [6.45, 7) is 7.81. The molecular weight excluding hydrogens is 311 g/mol. The van der Waals surface area contributed by atoms with Crippen molar-refractivity contribution < 1.29 is 18.7 Å². The van der Waals surface area contributed by atoms with Gasteiger partial charge in [0.15, 0.2) is 0 Å². The van der Waals surface area contributed by atoms with Gasteiger partial charge in [-0.2, -0.15) is 0 Å². The molecule has 1 aliphatic rings. The number of nitrogens with one attached hydrogen (secondary N) is 1. The second-order valence-corrected chi connectivity index (χ2v) is 7.13. The van der Waals surface area contributed by atoms with Gasteiger partial charge in [0.1, 0.15) is 17.5 Å². The predicted molar refractivity (Wildman–Crippen MR) is 88.9 cm³/mol. The minimum Gasteiger partial charge on any atom is -0.444 e. The molecule has 0 aliphatic carbocycles. The molecule has 1 atom stereocenters. The number of hydrogen-bond acceptors (Lipinski definition) is 3. The third-order valence-electron chi connectivity index (χ3n) is 3.89. The number of amides is 2. The van der Waals surface area contributed by atoms with Gasteiger partial charge in [0, 0.05) is 13.1 Å². The van der Waals surface area contributed by atoms with Crippen molar-refractivity contribution in [3.05, 3.63) is 35.1 Å². The van der Waals surface area contributed by atoms with Crippen molar-refractivity contribution in [2.24, 2.45) is 0 Å². The summed E-state index contributed by atoms with van der Waals surface area (Å²) in [6.07, 6.45) is 0.894. The topological polar surface area (TPSA) is 58.6 Å². The van der Waals surface area contributed by atoms with E-state index in [0.717, 1.165) is 6.42 Å². The van der Waals surface area contributed by atoms with Crippen LogP contribution < -0.4 is 5.32 Å². The van der Waals surface area contributed by atoms with Crippen LogP contribution in [0.3, 0.4) is 0 Å². The number of likely N-dealkylation sites (tertiary alicyclic amines) is 1. The molecule has 5 nitrogen and oxygen atoms in total. The first-order valence-corrected chi connectivity index (χ1v) is 8.20. The van der Waals surface area contributed by atoms with E-state index in [2.05, 4.69) is 5.32 Å². The Morgan fingerprint density at radius 3 is 2.71 bits per heavy atom. The zero-order chi connectivity index (χ0) is 17.9. The smallest absolute Gasteiger partial charge is 0.410 e. The van der Waals surface area contributed by atoms with Gasteiger partial charge < -0.3 is 10.1 Å². The first-order chi connectivity index (χ1) is 11.2. The highest BCUT2D eigenvalue weighted by Crippen LogP contribution is 2.21. The van der Waals surface area contributed by atoms with E-state index in [1.807, 2.05) is 0 Å². The monoisotopic (exact) mass is 336 g/mol. The molecule has 1 aliphatic heterocycles. The van der Waals surface area contributed by atoms with Crippen molar-refractivity contribution in [2.45, 2.75) is 58.7 Å². The van der Waals surface area contributed by atoms with E-state index in [9.17, 15) is 14.0 Å². The van der Waals surface area contributed by atoms with Gasteiger partial charge in [0.25, 0.3) is 0 Å². The minimum absolute atomic E-state index is 0.231. The maximum atomic E-state index is 13.5. The summed E-state index contributed by atoms with van der Waals surface area (Å²) in [4.78, 5) is 26.1. The minimum atomic E-state index is -0.597. The quantitative estimate of drug-likeness (QED) is 0.922. The summed E-state index contributed by atoms with van der Waals surface area (Å²) in [5.74, 6) is -0.530. The molecule has 6 heteroatoms. The number of nitrogens with zero attached hydrogens (tertiary/aromatic N) is 1. The van der Waals surface area contributed by atoms with E-state index in [0.29, 0.717) is 24.1 Å². The molecule has 1 N–H and O–H groups in total. The largest absolute Gasteiger partial charge is 0.444 e. The molecule has 0 bridgehead atoms. The lowest BCUT2D eigenvalue weighted by Crippen LogP contribution is -2.47. The number of carbonyl (C=O) groups excluding carboxylic acids is 2. The fourth-order valence-electron chi connectivity index (χ4n) is 2.63. The normalized spacial score (nSPS) is 17.7. The lowest BCUT2D eigenvalue weighted by atomic mass is 10.1. The average Bonchev–Trinajstić information content (AvgIpc) is 2.96. The van der Waals surface area contributed by atoms with Crippen LogP contribution in [0, 0.1) is 12.7 Å². The molecule has 132 valence electrons.